The fourth-order valence-electron chi connectivity index (χ4n) is 2.48. The van der Waals surface area contributed by atoms with Gasteiger partial charge in [0.2, 0.25) is 0 Å². The first-order valence-electron chi connectivity index (χ1n) is 6.53. The second kappa shape index (κ2) is 6.49. The van der Waals surface area contributed by atoms with Gasteiger partial charge in [0, 0.05) is 25.7 Å². The molecule has 90 valence electrons. The zero-order valence-corrected chi connectivity index (χ0v) is 10.9. The van der Waals surface area contributed by atoms with Crippen molar-refractivity contribution in [2.24, 2.45) is 11.8 Å². The van der Waals surface area contributed by atoms with Crippen molar-refractivity contribution in [3.05, 3.63) is 0 Å². The van der Waals surface area contributed by atoms with Crippen LogP contribution in [-0.2, 0) is 0 Å². The molecule has 1 saturated heterocycles. The van der Waals surface area contributed by atoms with E-state index in [-0.39, 0.29) is 0 Å². The Balaban J connectivity index is 2.32. The largest absolute Gasteiger partial charge is 0.313 e. The van der Waals surface area contributed by atoms with Crippen LogP contribution < -0.4 is 5.32 Å². The molecule has 15 heavy (non-hydrogen) atoms. The van der Waals surface area contributed by atoms with Crippen molar-refractivity contribution in [3.8, 4) is 0 Å². The fraction of sp³-hybridized carbons (Fsp3) is 1.00. The maximum absolute atomic E-state index is 3.59. The molecule has 1 heterocycles. The number of nitrogens with one attached hydrogen (secondary N) is 1. The molecule has 0 bridgehead atoms. The summed E-state index contributed by atoms with van der Waals surface area (Å²) in [5, 5.41) is 3.59. The van der Waals surface area contributed by atoms with Crippen LogP contribution >= 0.6 is 0 Å². The second-order valence-corrected chi connectivity index (χ2v) is 5.80. The predicted octanol–water partition coefficient (Wildman–Crippen LogP) is 2.35. The topological polar surface area (TPSA) is 15.3 Å². The molecular formula is C13H28N2. The molecule has 1 aliphatic rings. The summed E-state index contributed by atoms with van der Waals surface area (Å²) in [5.41, 5.74) is 0. The zero-order valence-electron chi connectivity index (χ0n) is 10.9. The van der Waals surface area contributed by atoms with E-state index < -0.39 is 0 Å². The molecule has 2 heteroatoms. The van der Waals surface area contributed by atoms with E-state index in [1.807, 2.05) is 0 Å². The first kappa shape index (κ1) is 13.0. The molecule has 0 aromatic rings. The summed E-state index contributed by atoms with van der Waals surface area (Å²) < 4.78 is 0. The minimum absolute atomic E-state index is 0.752. The molecule has 0 aromatic carbocycles. The number of rotatable bonds is 6. The summed E-state index contributed by atoms with van der Waals surface area (Å²) in [6.07, 6.45) is 2.73. The molecule has 0 radical (unpaired) electrons. The van der Waals surface area contributed by atoms with Crippen LogP contribution in [0.5, 0.6) is 0 Å². The standard InChI is InChI=1S/C13H28N2/c1-11(2)8-15(9-12(3)4)10-13-6-5-7-14-13/h11-14H,5-10H2,1-4H3. The number of hydrogen-bond donors (Lipinski definition) is 1. The van der Waals surface area contributed by atoms with Gasteiger partial charge in [-0.1, -0.05) is 27.7 Å². The summed E-state index contributed by atoms with van der Waals surface area (Å²) in [7, 11) is 0. The minimum Gasteiger partial charge on any atom is -0.313 e. The van der Waals surface area contributed by atoms with Gasteiger partial charge in [0.1, 0.15) is 0 Å². The molecule has 0 saturated carbocycles. The van der Waals surface area contributed by atoms with E-state index in [2.05, 4.69) is 37.9 Å². The minimum atomic E-state index is 0.752. The monoisotopic (exact) mass is 212 g/mol. The van der Waals surface area contributed by atoms with Gasteiger partial charge in [0.05, 0.1) is 0 Å². The normalized spacial score (nSPS) is 22.2. The summed E-state index contributed by atoms with van der Waals surface area (Å²) in [4.78, 5) is 2.64. The van der Waals surface area contributed by atoms with Crippen LogP contribution in [0.4, 0.5) is 0 Å². The molecule has 0 aromatic heterocycles. The molecule has 1 fully saturated rings. The Morgan fingerprint density at radius 1 is 1.13 bits per heavy atom. The van der Waals surface area contributed by atoms with Gasteiger partial charge in [-0.2, -0.15) is 0 Å². The Labute approximate surface area is 95.4 Å². The van der Waals surface area contributed by atoms with Crippen molar-refractivity contribution in [1.82, 2.24) is 10.2 Å². The fourth-order valence-corrected chi connectivity index (χ4v) is 2.48. The molecule has 0 spiro atoms. The summed E-state index contributed by atoms with van der Waals surface area (Å²) in [6, 6.07) is 0.752. The van der Waals surface area contributed by atoms with Crippen LogP contribution in [0, 0.1) is 11.8 Å². The third-order valence-electron chi connectivity index (χ3n) is 2.89. The molecule has 2 nitrogen and oxygen atoms in total. The third-order valence-corrected chi connectivity index (χ3v) is 2.89. The van der Waals surface area contributed by atoms with Crippen molar-refractivity contribution in [2.75, 3.05) is 26.2 Å². The molecule has 1 N–H and O–H groups in total. The second-order valence-electron chi connectivity index (χ2n) is 5.80. The highest BCUT2D eigenvalue weighted by atomic mass is 15.2. The lowest BCUT2D eigenvalue weighted by Crippen LogP contribution is -2.41. The summed E-state index contributed by atoms with van der Waals surface area (Å²) >= 11 is 0. The molecule has 1 aliphatic heterocycles. The van der Waals surface area contributed by atoms with E-state index in [9.17, 15) is 0 Å². The van der Waals surface area contributed by atoms with E-state index in [0.717, 1.165) is 17.9 Å². The van der Waals surface area contributed by atoms with Gasteiger partial charge in [-0.25, -0.2) is 0 Å². The van der Waals surface area contributed by atoms with Gasteiger partial charge >= 0.3 is 0 Å². The lowest BCUT2D eigenvalue weighted by Gasteiger charge is -2.28. The maximum Gasteiger partial charge on any atom is 0.0195 e. The summed E-state index contributed by atoms with van der Waals surface area (Å²) in [6.45, 7) is 14.2. The molecular weight excluding hydrogens is 184 g/mol. The number of nitrogens with zero attached hydrogens (tertiary/aromatic N) is 1. The van der Waals surface area contributed by atoms with Crippen LogP contribution in [0.3, 0.4) is 0 Å². The van der Waals surface area contributed by atoms with E-state index >= 15 is 0 Å². The molecule has 0 aliphatic carbocycles. The van der Waals surface area contributed by atoms with Crippen molar-refractivity contribution in [2.45, 2.75) is 46.6 Å². The Bertz CT molecular complexity index is 150. The molecule has 1 rings (SSSR count). The average molecular weight is 212 g/mol. The average Bonchev–Trinajstić information content (AvgIpc) is 2.53. The molecule has 1 unspecified atom stereocenters. The van der Waals surface area contributed by atoms with E-state index in [0.29, 0.717) is 0 Å². The number of hydrogen-bond acceptors (Lipinski definition) is 2. The van der Waals surface area contributed by atoms with Crippen molar-refractivity contribution >= 4 is 0 Å². The van der Waals surface area contributed by atoms with Gasteiger partial charge in [-0.15, -0.1) is 0 Å². The quantitative estimate of drug-likeness (QED) is 0.727. The van der Waals surface area contributed by atoms with Gasteiger partial charge in [-0.05, 0) is 31.2 Å². The van der Waals surface area contributed by atoms with Crippen molar-refractivity contribution in [3.63, 3.8) is 0 Å². The Morgan fingerprint density at radius 3 is 2.13 bits per heavy atom. The summed E-state index contributed by atoms with van der Waals surface area (Å²) in [5.74, 6) is 1.57. The zero-order chi connectivity index (χ0) is 11.3. The van der Waals surface area contributed by atoms with Crippen LogP contribution in [0.2, 0.25) is 0 Å². The maximum atomic E-state index is 3.59. The van der Waals surface area contributed by atoms with E-state index in [4.69, 9.17) is 0 Å². The smallest absolute Gasteiger partial charge is 0.0195 e. The first-order valence-corrected chi connectivity index (χ1v) is 6.53. The first-order chi connectivity index (χ1) is 7.08. The Hall–Kier alpha value is -0.0800. The van der Waals surface area contributed by atoms with Crippen LogP contribution in [0.25, 0.3) is 0 Å². The SMILES string of the molecule is CC(C)CN(CC(C)C)CC1CCCN1. The van der Waals surface area contributed by atoms with Gasteiger partial charge in [0.25, 0.3) is 0 Å². The van der Waals surface area contributed by atoms with Gasteiger partial charge < -0.3 is 10.2 Å². The molecule has 0 amide bonds. The Kier molecular flexibility index (Phi) is 5.62. The molecule has 1 atom stereocenters. The van der Waals surface area contributed by atoms with E-state index in [1.165, 1.54) is 39.0 Å². The highest BCUT2D eigenvalue weighted by molar-refractivity contribution is 4.78. The van der Waals surface area contributed by atoms with Gasteiger partial charge in [0.15, 0.2) is 0 Å². The van der Waals surface area contributed by atoms with Crippen molar-refractivity contribution in [1.29, 1.82) is 0 Å². The van der Waals surface area contributed by atoms with Crippen LogP contribution in [0.1, 0.15) is 40.5 Å². The lowest BCUT2D eigenvalue weighted by molar-refractivity contribution is 0.202. The van der Waals surface area contributed by atoms with Crippen LogP contribution in [-0.4, -0.2) is 37.1 Å². The third kappa shape index (κ3) is 5.53. The lowest BCUT2D eigenvalue weighted by atomic mass is 10.1. The van der Waals surface area contributed by atoms with E-state index in [1.54, 1.807) is 0 Å². The predicted molar refractivity (Wildman–Crippen MR) is 67.1 cm³/mol. The Morgan fingerprint density at radius 2 is 1.73 bits per heavy atom. The van der Waals surface area contributed by atoms with Crippen LogP contribution in [0.15, 0.2) is 0 Å². The van der Waals surface area contributed by atoms with Crippen molar-refractivity contribution < 1.29 is 0 Å². The highest BCUT2D eigenvalue weighted by Crippen LogP contribution is 2.10. The highest BCUT2D eigenvalue weighted by Gasteiger charge is 2.18. The van der Waals surface area contributed by atoms with Gasteiger partial charge in [-0.3, -0.25) is 0 Å².